The van der Waals surface area contributed by atoms with Crippen LogP contribution in [-0.4, -0.2) is 16.7 Å². The molecule has 0 aliphatic heterocycles. The Kier molecular flexibility index (Phi) is 5.31. The predicted octanol–water partition coefficient (Wildman–Crippen LogP) is 4.90. The topological polar surface area (TPSA) is 71.1 Å². The number of nitrogens with one attached hydrogen (secondary N) is 2. The Bertz CT molecular complexity index is 995. The number of carbonyl (C=O) groups excluding carboxylic acids is 2. The molecule has 5 nitrogen and oxygen atoms in total. The summed E-state index contributed by atoms with van der Waals surface area (Å²) >= 11 is 0. The number of rotatable bonds is 5. The quantitative estimate of drug-likeness (QED) is 0.636. The van der Waals surface area contributed by atoms with Gasteiger partial charge in [-0.2, -0.15) is 0 Å². The van der Waals surface area contributed by atoms with Crippen LogP contribution in [-0.2, 0) is 0 Å². The summed E-state index contributed by atoms with van der Waals surface area (Å²) in [5.74, 6) is -0.246. The molecule has 3 rings (SSSR count). The van der Waals surface area contributed by atoms with Gasteiger partial charge in [0.05, 0.1) is 0 Å². The molecular formula is C22H21N3O2. The molecule has 0 radical (unpaired) electrons. The molecule has 136 valence electrons. The molecule has 0 aliphatic carbocycles. The second-order valence-electron chi connectivity index (χ2n) is 6.44. The number of carbonyl (C=O) groups is 2. The van der Waals surface area contributed by atoms with Crippen molar-refractivity contribution in [3.05, 3.63) is 83.2 Å². The number of ketones is 1. The molecule has 2 N–H and O–H groups in total. The Morgan fingerprint density at radius 2 is 1.52 bits per heavy atom. The fourth-order valence-electron chi connectivity index (χ4n) is 2.60. The first-order chi connectivity index (χ1) is 12.9. The zero-order chi connectivity index (χ0) is 19.4. The molecule has 0 fully saturated rings. The van der Waals surface area contributed by atoms with E-state index in [0.717, 1.165) is 22.6 Å². The molecule has 1 aromatic heterocycles. The van der Waals surface area contributed by atoms with E-state index in [1.54, 1.807) is 30.5 Å². The van der Waals surface area contributed by atoms with Gasteiger partial charge in [0, 0.05) is 28.8 Å². The van der Waals surface area contributed by atoms with Gasteiger partial charge in [0.25, 0.3) is 5.91 Å². The van der Waals surface area contributed by atoms with Crippen LogP contribution in [0, 0.1) is 13.8 Å². The summed E-state index contributed by atoms with van der Waals surface area (Å²) in [4.78, 5) is 28.0. The van der Waals surface area contributed by atoms with Crippen LogP contribution in [0.5, 0.6) is 0 Å². The van der Waals surface area contributed by atoms with Crippen molar-refractivity contribution in [3.63, 3.8) is 0 Å². The Balaban J connectivity index is 1.73. The van der Waals surface area contributed by atoms with E-state index in [1.807, 2.05) is 44.2 Å². The molecule has 5 heteroatoms. The van der Waals surface area contributed by atoms with Crippen molar-refractivity contribution in [3.8, 4) is 0 Å². The van der Waals surface area contributed by atoms with Crippen LogP contribution in [0.1, 0.15) is 38.9 Å². The smallest absolute Gasteiger partial charge is 0.274 e. The fourth-order valence-corrected chi connectivity index (χ4v) is 2.60. The minimum Gasteiger partial charge on any atom is -0.355 e. The first kappa shape index (κ1) is 18.3. The minimum atomic E-state index is -0.270. The Morgan fingerprint density at radius 3 is 2.19 bits per heavy atom. The zero-order valence-electron chi connectivity index (χ0n) is 15.5. The molecule has 2 aromatic carbocycles. The van der Waals surface area contributed by atoms with E-state index in [9.17, 15) is 9.59 Å². The van der Waals surface area contributed by atoms with Crippen molar-refractivity contribution in [1.82, 2.24) is 4.98 Å². The van der Waals surface area contributed by atoms with E-state index in [1.165, 1.54) is 12.5 Å². The van der Waals surface area contributed by atoms with Crippen LogP contribution in [0.3, 0.4) is 0 Å². The van der Waals surface area contributed by atoms with Gasteiger partial charge >= 0.3 is 0 Å². The number of anilines is 3. The van der Waals surface area contributed by atoms with E-state index < -0.39 is 0 Å². The van der Waals surface area contributed by atoms with Gasteiger partial charge in [-0.05, 0) is 80.4 Å². The number of aromatic nitrogens is 1. The highest BCUT2D eigenvalue weighted by atomic mass is 16.2. The SMILES string of the molecule is CC(=O)c1ccc(Nc2ccnc(C(=O)Nc3ccc(C)c(C)c3)c2)cc1. The number of hydrogen-bond acceptors (Lipinski definition) is 4. The lowest BCUT2D eigenvalue weighted by atomic mass is 10.1. The molecule has 0 aliphatic rings. The Hall–Kier alpha value is -3.47. The van der Waals surface area contributed by atoms with Crippen molar-refractivity contribution in [1.29, 1.82) is 0 Å². The molecule has 0 saturated carbocycles. The van der Waals surface area contributed by atoms with Gasteiger partial charge in [0.2, 0.25) is 0 Å². The largest absolute Gasteiger partial charge is 0.355 e. The Morgan fingerprint density at radius 1 is 0.815 bits per heavy atom. The molecule has 0 spiro atoms. The number of hydrogen-bond donors (Lipinski definition) is 2. The van der Waals surface area contributed by atoms with E-state index in [2.05, 4.69) is 15.6 Å². The number of aryl methyl sites for hydroxylation is 2. The van der Waals surface area contributed by atoms with Gasteiger partial charge in [0.1, 0.15) is 5.69 Å². The molecular weight excluding hydrogens is 338 g/mol. The molecule has 1 amide bonds. The zero-order valence-corrected chi connectivity index (χ0v) is 15.5. The third-order valence-electron chi connectivity index (χ3n) is 4.34. The van der Waals surface area contributed by atoms with Crippen molar-refractivity contribution >= 4 is 28.8 Å². The monoisotopic (exact) mass is 359 g/mol. The maximum atomic E-state index is 12.5. The summed E-state index contributed by atoms with van der Waals surface area (Å²) in [6, 6.07) is 16.4. The number of Topliss-reactive ketones (excluding diaryl/α,β-unsaturated/α-hetero) is 1. The number of amides is 1. The van der Waals surface area contributed by atoms with E-state index >= 15 is 0 Å². The summed E-state index contributed by atoms with van der Waals surface area (Å²) in [5.41, 5.74) is 5.57. The average molecular weight is 359 g/mol. The second kappa shape index (κ2) is 7.83. The third-order valence-corrected chi connectivity index (χ3v) is 4.34. The molecule has 0 atom stereocenters. The number of pyridine rings is 1. The summed E-state index contributed by atoms with van der Waals surface area (Å²) in [6.45, 7) is 5.57. The highest BCUT2D eigenvalue weighted by Gasteiger charge is 2.09. The van der Waals surface area contributed by atoms with Gasteiger partial charge in [0.15, 0.2) is 5.78 Å². The fraction of sp³-hybridized carbons (Fsp3) is 0.136. The maximum absolute atomic E-state index is 12.5. The third kappa shape index (κ3) is 4.58. The van der Waals surface area contributed by atoms with Crippen LogP contribution in [0.25, 0.3) is 0 Å². The van der Waals surface area contributed by atoms with Crippen LogP contribution >= 0.6 is 0 Å². The second-order valence-corrected chi connectivity index (χ2v) is 6.44. The lowest BCUT2D eigenvalue weighted by Gasteiger charge is -2.10. The normalized spacial score (nSPS) is 10.3. The van der Waals surface area contributed by atoms with Gasteiger partial charge < -0.3 is 10.6 Å². The molecule has 0 unspecified atom stereocenters. The summed E-state index contributed by atoms with van der Waals surface area (Å²) in [6.07, 6.45) is 1.58. The van der Waals surface area contributed by atoms with Gasteiger partial charge in [-0.15, -0.1) is 0 Å². The highest BCUT2D eigenvalue weighted by Crippen LogP contribution is 2.19. The summed E-state index contributed by atoms with van der Waals surface area (Å²) < 4.78 is 0. The Labute approximate surface area is 158 Å². The first-order valence-electron chi connectivity index (χ1n) is 8.65. The molecule has 0 bridgehead atoms. The van der Waals surface area contributed by atoms with Crippen LogP contribution in [0.15, 0.2) is 60.8 Å². The molecule has 1 heterocycles. The number of nitrogens with zero attached hydrogens (tertiary/aromatic N) is 1. The van der Waals surface area contributed by atoms with Crippen LogP contribution < -0.4 is 10.6 Å². The highest BCUT2D eigenvalue weighted by molar-refractivity contribution is 6.03. The molecule has 0 saturated heterocycles. The van der Waals surface area contributed by atoms with Crippen LogP contribution in [0.2, 0.25) is 0 Å². The van der Waals surface area contributed by atoms with Crippen molar-refractivity contribution in [2.24, 2.45) is 0 Å². The van der Waals surface area contributed by atoms with Gasteiger partial charge in [-0.3, -0.25) is 14.6 Å². The lowest BCUT2D eigenvalue weighted by molar-refractivity contribution is 0.101. The summed E-state index contributed by atoms with van der Waals surface area (Å²) in [5, 5.41) is 6.09. The average Bonchev–Trinajstić information content (AvgIpc) is 2.65. The molecule has 27 heavy (non-hydrogen) atoms. The van der Waals surface area contributed by atoms with E-state index in [0.29, 0.717) is 11.3 Å². The van der Waals surface area contributed by atoms with E-state index in [-0.39, 0.29) is 11.7 Å². The van der Waals surface area contributed by atoms with Crippen molar-refractivity contribution < 1.29 is 9.59 Å². The number of benzene rings is 2. The van der Waals surface area contributed by atoms with Crippen molar-refractivity contribution in [2.75, 3.05) is 10.6 Å². The summed E-state index contributed by atoms with van der Waals surface area (Å²) in [7, 11) is 0. The minimum absolute atomic E-state index is 0.0239. The predicted molar refractivity (Wildman–Crippen MR) is 108 cm³/mol. The van der Waals surface area contributed by atoms with Crippen LogP contribution in [0.4, 0.5) is 17.1 Å². The van der Waals surface area contributed by atoms with Crippen molar-refractivity contribution in [2.45, 2.75) is 20.8 Å². The standard InChI is InChI=1S/C22H21N3O2/c1-14-4-7-19(12-15(14)2)25-22(27)21-13-20(10-11-23-21)24-18-8-5-17(6-9-18)16(3)26/h4-13H,1-3H3,(H,23,24)(H,25,27). The molecule has 3 aromatic rings. The van der Waals surface area contributed by atoms with Gasteiger partial charge in [-0.1, -0.05) is 6.07 Å². The van der Waals surface area contributed by atoms with Gasteiger partial charge in [-0.25, -0.2) is 0 Å². The van der Waals surface area contributed by atoms with E-state index in [4.69, 9.17) is 0 Å². The maximum Gasteiger partial charge on any atom is 0.274 e. The first-order valence-corrected chi connectivity index (χ1v) is 8.65. The lowest BCUT2D eigenvalue weighted by Crippen LogP contribution is -2.14.